The van der Waals surface area contributed by atoms with Gasteiger partial charge in [-0.05, 0) is 24.5 Å². The van der Waals surface area contributed by atoms with Gasteiger partial charge < -0.3 is 4.90 Å². The van der Waals surface area contributed by atoms with Crippen LogP contribution in [0.15, 0.2) is 36.2 Å². The first-order valence-corrected chi connectivity index (χ1v) is 8.16. The van der Waals surface area contributed by atoms with Gasteiger partial charge in [-0.1, -0.05) is 26.8 Å². The number of likely N-dealkylation sites (tertiary alicyclic amines) is 1. The second-order valence-corrected chi connectivity index (χ2v) is 7.54. The number of pyridine rings is 1. The molecular weight excluding hydrogens is 302 g/mol. The number of carbonyl (C=O) groups excluding carboxylic acids is 2. The fraction of sp³-hybridized carbons (Fsp3) is 0.474. The van der Waals surface area contributed by atoms with Crippen molar-refractivity contribution in [3.8, 4) is 6.07 Å². The number of hydrogen-bond acceptors (Lipinski definition) is 4. The van der Waals surface area contributed by atoms with Gasteiger partial charge in [-0.3, -0.25) is 14.6 Å². The highest BCUT2D eigenvalue weighted by Crippen LogP contribution is 2.52. The van der Waals surface area contributed by atoms with Gasteiger partial charge in [-0.25, -0.2) is 0 Å². The number of nitriles is 1. The van der Waals surface area contributed by atoms with Gasteiger partial charge in [-0.15, -0.1) is 0 Å². The molecular formula is C19H21N3O2. The molecule has 5 nitrogen and oxygen atoms in total. The summed E-state index contributed by atoms with van der Waals surface area (Å²) in [5.74, 6) is -0.0172. The SMILES string of the molecule is CC1(C)C(=O)C(C#N)=C[C@@]2(C)CN(C(=O)c3cccnc3)CC[C@H]12. The zero-order valence-electron chi connectivity index (χ0n) is 14.2. The minimum absolute atomic E-state index is 0.0515. The van der Waals surface area contributed by atoms with E-state index in [0.717, 1.165) is 6.42 Å². The van der Waals surface area contributed by atoms with Crippen molar-refractivity contribution in [1.82, 2.24) is 9.88 Å². The Morgan fingerprint density at radius 1 is 1.42 bits per heavy atom. The highest BCUT2D eigenvalue weighted by molar-refractivity contribution is 6.04. The van der Waals surface area contributed by atoms with Crippen LogP contribution in [0.25, 0.3) is 0 Å². The molecule has 1 amide bonds. The molecule has 2 aliphatic rings. The van der Waals surface area contributed by atoms with Crippen LogP contribution in [0.2, 0.25) is 0 Å². The monoisotopic (exact) mass is 323 g/mol. The molecule has 24 heavy (non-hydrogen) atoms. The number of aromatic nitrogens is 1. The molecule has 1 aromatic heterocycles. The first-order valence-electron chi connectivity index (χ1n) is 8.16. The molecule has 0 radical (unpaired) electrons. The number of fused-ring (bicyclic) bond motifs is 1. The summed E-state index contributed by atoms with van der Waals surface area (Å²) in [6, 6.07) is 5.55. The van der Waals surface area contributed by atoms with E-state index in [4.69, 9.17) is 0 Å². The average Bonchev–Trinajstić information content (AvgIpc) is 2.58. The number of hydrogen-bond donors (Lipinski definition) is 0. The maximum atomic E-state index is 12.7. The van der Waals surface area contributed by atoms with Gasteiger partial charge in [0.05, 0.1) is 11.1 Å². The summed E-state index contributed by atoms with van der Waals surface area (Å²) in [6.07, 6.45) is 5.74. The molecule has 0 aromatic carbocycles. The van der Waals surface area contributed by atoms with Crippen LogP contribution in [0.3, 0.4) is 0 Å². The molecule has 1 aliphatic carbocycles. The normalized spacial score (nSPS) is 28.6. The van der Waals surface area contributed by atoms with E-state index in [1.165, 1.54) is 0 Å². The highest BCUT2D eigenvalue weighted by Gasteiger charge is 2.53. The molecule has 2 heterocycles. The molecule has 1 aromatic rings. The smallest absolute Gasteiger partial charge is 0.255 e. The molecule has 1 fully saturated rings. The lowest BCUT2D eigenvalue weighted by Gasteiger charge is -2.52. The maximum absolute atomic E-state index is 12.7. The highest BCUT2D eigenvalue weighted by atomic mass is 16.2. The lowest BCUT2D eigenvalue weighted by atomic mass is 9.55. The van der Waals surface area contributed by atoms with E-state index in [2.05, 4.69) is 4.98 Å². The Kier molecular flexibility index (Phi) is 3.79. The second-order valence-electron chi connectivity index (χ2n) is 7.54. The second kappa shape index (κ2) is 5.55. The zero-order chi connectivity index (χ0) is 17.5. The van der Waals surface area contributed by atoms with Crippen LogP contribution in [-0.4, -0.2) is 34.7 Å². The minimum atomic E-state index is -0.585. The first-order chi connectivity index (χ1) is 11.3. The lowest BCUT2D eigenvalue weighted by Crippen LogP contribution is -2.56. The predicted octanol–water partition coefficient (Wildman–Crippen LogP) is 2.61. The third-order valence-electron chi connectivity index (χ3n) is 5.51. The van der Waals surface area contributed by atoms with Crippen LogP contribution in [0.5, 0.6) is 0 Å². The third-order valence-corrected chi connectivity index (χ3v) is 5.51. The van der Waals surface area contributed by atoms with Crippen molar-refractivity contribution in [2.45, 2.75) is 27.2 Å². The Bertz CT molecular complexity index is 761. The van der Waals surface area contributed by atoms with Gasteiger partial charge in [0.2, 0.25) is 0 Å². The summed E-state index contributed by atoms with van der Waals surface area (Å²) >= 11 is 0. The molecule has 2 atom stereocenters. The van der Waals surface area contributed by atoms with Gasteiger partial charge in [0.1, 0.15) is 6.07 Å². The summed E-state index contributed by atoms with van der Waals surface area (Å²) in [4.78, 5) is 31.1. The average molecular weight is 323 g/mol. The summed E-state index contributed by atoms with van der Waals surface area (Å²) < 4.78 is 0. The Balaban J connectivity index is 1.94. The molecule has 5 heteroatoms. The van der Waals surface area contributed by atoms with Crippen LogP contribution >= 0.6 is 0 Å². The van der Waals surface area contributed by atoms with Crippen molar-refractivity contribution in [1.29, 1.82) is 5.26 Å². The largest absolute Gasteiger partial charge is 0.338 e. The topological polar surface area (TPSA) is 74.1 Å². The van der Waals surface area contributed by atoms with E-state index >= 15 is 0 Å². The molecule has 0 bridgehead atoms. The van der Waals surface area contributed by atoms with Crippen LogP contribution in [-0.2, 0) is 4.79 Å². The maximum Gasteiger partial charge on any atom is 0.255 e. The van der Waals surface area contributed by atoms with Crippen molar-refractivity contribution < 1.29 is 9.59 Å². The van der Waals surface area contributed by atoms with Crippen LogP contribution in [0.1, 0.15) is 37.6 Å². The van der Waals surface area contributed by atoms with Crippen LogP contribution in [0, 0.1) is 28.1 Å². The van der Waals surface area contributed by atoms with Gasteiger partial charge >= 0.3 is 0 Å². The quantitative estimate of drug-likeness (QED) is 0.796. The Morgan fingerprint density at radius 2 is 2.17 bits per heavy atom. The van der Waals surface area contributed by atoms with Gasteiger partial charge in [-0.2, -0.15) is 5.26 Å². The summed E-state index contributed by atoms with van der Waals surface area (Å²) in [5, 5.41) is 9.32. The number of carbonyl (C=O) groups is 2. The molecule has 1 saturated heterocycles. The number of ketones is 1. The van der Waals surface area contributed by atoms with E-state index in [-0.39, 0.29) is 28.6 Å². The fourth-order valence-electron chi connectivity index (χ4n) is 4.38. The standard InChI is InChI=1S/C19H21N3O2/c1-18(2)15-6-8-22(17(24)13-5-4-7-21-11-13)12-19(15,3)9-14(10-20)16(18)23/h4-5,7,9,11,15H,6,8,12H2,1-3H3/t15-,19+/m1/s1. The van der Waals surface area contributed by atoms with Crippen molar-refractivity contribution in [2.24, 2.45) is 16.7 Å². The number of allylic oxidation sites excluding steroid dienone is 1. The molecule has 3 rings (SSSR count). The summed E-state index contributed by atoms with van der Waals surface area (Å²) in [5.41, 5.74) is -0.180. The van der Waals surface area contributed by atoms with E-state index < -0.39 is 5.41 Å². The lowest BCUT2D eigenvalue weighted by molar-refractivity contribution is -0.131. The van der Waals surface area contributed by atoms with Crippen molar-refractivity contribution in [2.75, 3.05) is 13.1 Å². The van der Waals surface area contributed by atoms with Crippen molar-refractivity contribution in [3.05, 3.63) is 41.7 Å². The van der Waals surface area contributed by atoms with Gasteiger partial charge in [0.25, 0.3) is 5.91 Å². The summed E-state index contributed by atoms with van der Waals surface area (Å²) in [7, 11) is 0. The van der Waals surface area contributed by atoms with Crippen molar-refractivity contribution in [3.63, 3.8) is 0 Å². The number of amides is 1. The summed E-state index contributed by atoms with van der Waals surface area (Å²) in [6.45, 7) is 7.00. The number of rotatable bonds is 1. The molecule has 0 saturated carbocycles. The number of piperidine rings is 1. The van der Waals surface area contributed by atoms with Gasteiger partial charge in [0.15, 0.2) is 5.78 Å². The minimum Gasteiger partial charge on any atom is -0.338 e. The van der Waals surface area contributed by atoms with Crippen LogP contribution < -0.4 is 0 Å². The molecule has 124 valence electrons. The Morgan fingerprint density at radius 3 is 2.79 bits per heavy atom. The predicted molar refractivity (Wildman–Crippen MR) is 88.8 cm³/mol. The third kappa shape index (κ3) is 2.43. The van der Waals surface area contributed by atoms with Crippen LogP contribution in [0.4, 0.5) is 0 Å². The first kappa shape index (κ1) is 16.4. The molecule has 0 N–H and O–H groups in total. The van der Waals surface area contributed by atoms with E-state index in [0.29, 0.717) is 18.7 Å². The number of nitrogens with zero attached hydrogens (tertiary/aromatic N) is 3. The molecule has 0 unspecified atom stereocenters. The molecule has 1 aliphatic heterocycles. The zero-order valence-corrected chi connectivity index (χ0v) is 14.2. The van der Waals surface area contributed by atoms with E-state index in [1.807, 2.05) is 31.7 Å². The van der Waals surface area contributed by atoms with Crippen molar-refractivity contribution >= 4 is 11.7 Å². The molecule has 0 spiro atoms. The van der Waals surface area contributed by atoms with E-state index in [1.54, 1.807) is 30.6 Å². The Labute approximate surface area is 142 Å². The fourth-order valence-corrected chi connectivity index (χ4v) is 4.38. The Hall–Kier alpha value is -2.48. The van der Waals surface area contributed by atoms with E-state index in [9.17, 15) is 14.9 Å². The number of Topliss-reactive ketones (excluding diaryl/α,β-unsaturated/α-hetero) is 1. The van der Waals surface area contributed by atoms with Gasteiger partial charge in [0, 0.05) is 36.3 Å².